The van der Waals surface area contributed by atoms with Gasteiger partial charge in [0.2, 0.25) is 5.91 Å². The Labute approximate surface area is 321 Å². The van der Waals surface area contributed by atoms with Crippen LogP contribution >= 0.6 is 23.2 Å². The topological polar surface area (TPSA) is 87.6 Å². The van der Waals surface area contributed by atoms with Gasteiger partial charge in [-0.3, -0.25) is 9.69 Å². The van der Waals surface area contributed by atoms with Crippen LogP contribution in [0.3, 0.4) is 0 Å². The fourth-order valence-electron chi connectivity index (χ4n) is 6.33. The number of nitrogens with zero attached hydrogens (tertiary/aromatic N) is 2. The monoisotopic (exact) mass is 739 g/mol. The van der Waals surface area contributed by atoms with Crippen LogP contribution < -0.4 is 16.8 Å². The van der Waals surface area contributed by atoms with Crippen LogP contribution in [0.1, 0.15) is 90.0 Å². The molecule has 2 aromatic carbocycles. The number of carbonyl (C=O) groups is 1. The van der Waals surface area contributed by atoms with Gasteiger partial charge in [-0.05, 0) is 93.3 Å². The highest BCUT2D eigenvalue weighted by atomic mass is 35.5. The Morgan fingerprint density at radius 3 is 2.27 bits per heavy atom. The molecule has 3 rings (SSSR count). The number of amides is 1. The predicted molar refractivity (Wildman–Crippen MR) is 226 cm³/mol. The molecule has 1 fully saturated rings. The third-order valence-corrected chi connectivity index (χ3v) is 9.21. The van der Waals surface area contributed by atoms with E-state index >= 15 is 0 Å². The summed E-state index contributed by atoms with van der Waals surface area (Å²) in [5.41, 5.74) is 16.6. The van der Waals surface area contributed by atoms with E-state index in [1.54, 1.807) is 6.07 Å². The summed E-state index contributed by atoms with van der Waals surface area (Å²) in [5.74, 6) is 0.653. The second-order valence-corrected chi connectivity index (χ2v) is 14.1. The van der Waals surface area contributed by atoms with E-state index in [4.69, 9.17) is 34.7 Å². The highest BCUT2D eigenvalue weighted by Gasteiger charge is 2.36. The zero-order chi connectivity index (χ0) is 38.2. The van der Waals surface area contributed by atoms with Gasteiger partial charge in [0.1, 0.15) is 0 Å². The summed E-state index contributed by atoms with van der Waals surface area (Å²) in [6.45, 7) is 23.0. The van der Waals surface area contributed by atoms with Gasteiger partial charge in [-0.15, -0.1) is 0 Å². The van der Waals surface area contributed by atoms with Crippen molar-refractivity contribution >= 4 is 41.3 Å². The van der Waals surface area contributed by atoms with Gasteiger partial charge in [-0.1, -0.05) is 124 Å². The van der Waals surface area contributed by atoms with Gasteiger partial charge >= 0.3 is 0 Å². The molecule has 0 saturated carbocycles. The molecule has 5 N–H and O–H groups in total. The number of carbonyl (C=O) groups excluding carboxylic acids is 1. The molecule has 1 amide bonds. The van der Waals surface area contributed by atoms with Crippen molar-refractivity contribution in [2.24, 2.45) is 17.4 Å². The molecule has 0 aliphatic carbocycles. The first-order valence-corrected chi connectivity index (χ1v) is 19.6. The third-order valence-electron chi connectivity index (χ3n) is 8.62. The number of halogens is 2. The lowest BCUT2D eigenvalue weighted by Gasteiger charge is -2.48. The first kappa shape index (κ1) is 46.3. The van der Waals surface area contributed by atoms with Crippen LogP contribution in [0.5, 0.6) is 0 Å². The molecule has 3 atom stereocenters. The van der Waals surface area contributed by atoms with E-state index in [9.17, 15) is 4.79 Å². The number of hydrogen-bond acceptors (Lipinski definition) is 5. The number of rotatable bonds is 17. The zero-order valence-electron chi connectivity index (χ0n) is 32.5. The Bertz CT molecular complexity index is 1360. The first-order chi connectivity index (χ1) is 24.6. The molecule has 1 heterocycles. The summed E-state index contributed by atoms with van der Waals surface area (Å²) in [7, 11) is 0. The lowest BCUT2D eigenvalue weighted by Crippen LogP contribution is -2.62. The largest absolute Gasteiger partial charge is 0.337 e. The summed E-state index contributed by atoms with van der Waals surface area (Å²) >= 11 is 12.6. The van der Waals surface area contributed by atoms with Crippen molar-refractivity contribution in [1.29, 1.82) is 0 Å². The molecule has 8 heteroatoms. The fraction of sp³-hybridized carbons (Fsp3) is 0.512. The standard InChI is InChI=1S/C35H51Cl2N5O.C6H10.C2H6/c1-5-8-28-18-26(10-11-27(28)6-2)19-35(43)42-24-32(9-7-15-40-16-14-38)41(23-33(42)17-25(3)4)22-31(39)20-29-12-13-30(36)21-34(29)37;1-3-5-6-4-2;1-2/h5-6,8,10-13,18,21,25,31-33,40H,2,7,9,14-17,19-20,22-24,38-39H2,1,3-4H3;3-6H,1-2H3;1-2H3/b8-5-;5-3-,6-4-;/t31-,32?,33-;;/m1../s1. The van der Waals surface area contributed by atoms with Crippen LogP contribution in [0.15, 0.2) is 73.4 Å². The van der Waals surface area contributed by atoms with Crippen LogP contribution in [0.4, 0.5) is 0 Å². The Kier molecular flexibility index (Phi) is 24.5. The molecule has 51 heavy (non-hydrogen) atoms. The van der Waals surface area contributed by atoms with E-state index in [2.05, 4.69) is 59.8 Å². The van der Waals surface area contributed by atoms with E-state index in [0.29, 0.717) is 41.9 Å². The van der Waals surface area contributed by atoms with Gasteiger partial charge < -0.3 is 21.7 Å². The molecule has 1 saturated heterocycles. The summed E-state index contributed by atoms with van der Waals surface area (Å²) < 4.78 is 0. The molecule has 0 aromatic heterocycles. The number of hydrogen-bond donors (Lipinski definition) is 3. The summed E-state index contributed by atoms with van der Waals surface area (Å²) in [6.07, 6.45) is 17.9. The summed E-state index contributed by atoms with van der Waals surface area (Å²) in [6, 6.07) is 12.1. The molecule has 1 unspecified atom stereocenters. The van der Waals surface area contributed by atoms with Crippen LogP contribution in [-0.4, -0.2) is 73.1 Å². The minimum absolute atomic E-state index is 0.0908. The van der Waals surface area contributed by atoms with Crippen molar-refractivity contribution in [3.05, 3.63) is 106 Å². The van der Waals surface area contributed by atoms with Crippen LogP contribution in [0, 0.1) is 5.92 Å². The molecule has 0 spiro atoms. The van der Waals surface area contributed by atoms with Crippen molar-refractivity contribution in [3.8, 4) is 0 Å². The Hall–Kier alpha value is -2.71. The number of benzene rings is 2. The molecular formula is C43H67Cl2N5O. The van der Waals surface area contributed by atoms with Crippen molar-refractivity contribution in [2.45, 2.75) is 98.7 Å². The second kappa shape index (κ2) is 27.0. The van der Waals surface area contributed by atoms with Gasteiger partial charge in [0, 0.05) is 60.9 Å². The van der Waals surface area contributed by atoms with Crippen molar-refractivity contribution < 1.29 is 4.79 Å². The van der Waals surface area contributed by atoms with Gasteiger partial charge in [0.25, 0.3) is 0 Å². The SMILES string of the molecule is C/C=C\C=C/C.C=Cc1ccc(CC(=O)N2CC(CCCNCCN)N(C[C@H](N)Cc3ccc(Cl)cc3Cl)C[C@H]2CC(C)C)cc1/C=C\C.CC. The molecule has 6 nitrogen and oxygen atoms in total. The van der Waals surface area contributed by atoms with E-state index in [0.717, 1.165) is 67.7 Å². The minimum atomic E-state index is -0.0908. The predicted octanol–water partition coefficient (Wildman–Crippen LogP) is 9.20. The Morgan fingerprint density at radius 1 is 0.980 bits per heavy atom. The highest BCUT2D eigenvalue weighted by Crippen LogP contribution is 2.27. The van der Waals surface area contributed by atoms with Gasteiger partial charge in [-0.25, -0.2) is 0 Å². The normalized spacial score (nSPS) is 17.1. The van der Waals surface area contributed by atoms with Gasteiger partial charge in [0.15, 0.2) is 0 Å². The average Bonchev–Trinajstić information content (AvgIpc) is 3.10. The summed E-state index contributed by atoms with van der Waals surface area (Å²) in [4.78, 5) is 18.7. The fourth-order valence-corrected chi connectivity index (χ4v) is 6.81. The molecule has 0 bridgehead atoms. The Balaban J connectivity index is 0.00000147. The van der Waals surface area contributed by atoms with E-state index < -0.39 is 0 Å². The second-order valence-electron chi connectivity index (χ2n) is 13.2. The molecular weight excluding hydrogens is 673 g/mol. The van der Waals surface area contributed by atoms with Crippen LogP contribution in [-0.2, 0) is 17.6 Å². The zero-order valence-corrected chi connectivity index (χ0v) is 34.0. The first-order valence-electron chi connectivity index (χ1n) is 18.8. The molecule has 1 aliphatic heterocycles. The number of nitrogens with two attached hydrogens (primary N) is 2. The van der Waals surface area contributed by atoms with E-state index in [1.165, 1.54) is 0 Å². The van der Waals surface area contributed by atoms with E-state index in [1.807, 2.05) is 83.2 Å². The third kappa shape index (κ3) is 17.6. The highest BCUT2D eigenvalue weighted by molar-refractivity contribution is 6.35. The maximum Gasteiger partial charge on any atom is 0.227 e. The molecule has 0 radical (unpaired) electrons. The van der Waals surface area contributed by atoms with Crippen molar-refractivity contribution in [3.63, 3.8) is 0 Å². The summed E-state index contributed by atoms with van der Waals surface area (Å²) in [5, 5.41) is 4.69. The smallest absolute Gasteiger partial charge is 0.227 e. The van der Waals surface area contributed by atoms with Crippen LogP contribution in [0.25, 0.3) is 12.2 Å². The molecule has 2 aromatic rings. The van der Waals surface area contributed by atoms with Crippen molar-refractivity contribution in [2.75, 3.05) is 39.3 Å². The number of piperazine rings is 1. The van der Waals surface area contributed by atoms with Crippen molar-refractivity contribution in [1.82, 2.24) is 15.1 Å². The maximum absolute atomic E-state index is 14.0. The quantitative estimate of drug-likeness (QED) is 0.111. The van der Waals surface area contributed by atoms with Gasteiger partial charge in [0.05, 0.1) is 6.42 Å². The Morgan fingerprint density at radius 2 is 1.69 bits per heavy atom. The molecule has 284 valence electrons. The molecule has 1 aliphatic rings. The lowest BCUT2D eigenvalue weighted by molar-refractivity contribution is -0.138. The van der Waals surface area contributed by atoms with E-state index in [-0.39, 0.29) is 24.0 Å². The average molecular weight is 741 g/mol. The number of nitrogens with one attached hydrogen (secondary N) is 1. The minimum Gasteiger partial charge on any atom is -0.337 e. The maximum atomic E-state index is 14.0. The van der Waals surface area contributed by atoms with Crippen LogP contribution in [0.2, 0.25) is 10.0 Å². The van der Waals surface area contributed by atoms with Gasteiger partial charge in [-0.2, -0.15) is 0 Å². The lowest BCUT2D eigenvalue weighted by atomic mass is 9.93. The number of allylic oxidation sites excluding steroid dienone is 5.